The Kier molecular flexibility index (Phi) is 5.32. The lowest BCUT2D eigenvalue weighted by molar-refractivity contribution is -0.390. The summed E-state index contributed by atoms with van der Waals surface area (Å²) in [5, 5.41) is 11.0. The molecule has 8 nitrogen and oxygen atoms in total. The molecule has 26 heavy (non-hydrogen) atoms. The summed E-state index contributed by atoms with van der Waals surface area (Å²) in [5.74, 6) is -0.641. The number of hydrogen-bond donors (Lipinski definition) is 0. The molecule has 3 heterocycles. The molecule has 0 aromatic carbocycles. The third-order valence-corrected chi connectivity index (χ3v) is 4.57. The van der Waals surface area contributed by atoms with E-state index in [4.69, 9.17) is 9.47 Å². The molecule has 0 spiro atoms. The standard InChI is InChI=1S/C18H21N3O5/c1-12-9-15(13(2)20(12)10-14-5-4-8-25-14)16(22)11-26-17-6-3-7-19-18(17)21(23)24/h3,6-7,9,14H,4-5,8,10-11H2,1-2H3/t14-/m1/s1. The molecule has 8 heteroatoms. The summed E-state index contributed by atoms with van der Waals surface area (Å²) in [6.45, 7) is 5.07. The van der Waals surface area contributed by atoms with Crippen LogP contribution in [0.1, 0.15) is 34.6 Å². The van der Waals surface area contributed by atoms with Gasteiger partial charge in [-0.25, -0.2) is 0 Å². The maximum Gasteiger partial charge on any atom is 0.406 e. The van der Waals surface area contributed by atoms with Crippen LogP contribution in [0.25, 0.3) is 0 Å². The van der Waals surface area contributed by atoms with Gasteiger partial charge in [-0.2, -0.15) is 0 Å². The number of carbonyl (C=O) groups is 1. The Balaban J connectivity index is 1.71. The molecule has 2 aromatic heterocycles. The Morgan fingerprint density at radius 2 is 2.31 bits per heavy atom. The number of ketones is 1. The fourth-order valence-corrected chi connectivity index (χ4v) is 3.21. The third-order valence-electron chi connectivity index (χ3n) is 4.57. The molecule has 1 saturated heterocycles. The first-order valence-corrected chi connectivity index (χ1v) is 8.51. The number of aryl methyl sites for hydroxylation is 1. The number of carbonyl (C=O) groups excluding carboxylic acids is 1. The number of rotatable bonds is 7. The van der Waals surface area contributed by atoms with Crippen molar-refractivity contribution in [2.24, 2.45) is 0 Å². The lowest BCUT2D eigenvalue weighted by Gasteiger charge is -2.14. The quantitative estimate of drug-likeness (QED) is 0.428. The van der Waals surface area contributed by atoms with Crippen LogP contribution < -0.4 is 4.74 Å². The molecule has 1 aliphatic heterocycles. The normalized spacial score (nSPS) is 16.6. The zero-order valence-electron chi connectivity index (χ0n) is 14.8. The highest BCUT2D eigenvalue weighted by Crippen LogP contribution is 2.24. The van der Waals surface area contributed by atoms with Gasteiger partial charge in [-0.15, -0.1) is 0 Å². The van der Waals surface area contributed by atoms with Crippen molar-refractivity contribution in [3.63, 3.8) is 0 Å². The topological polar surface area (TPSA) is 96.5 Å². The Labute approximate surface area is 150 Å². The van der Waals surface area contributed by atoms with Crippen LogP contribution in [0.3, 0.4) is 0 Å². The first kappa shape index (κ1) is 18.1. The molecule has 1 fully saturated rings. The van der Waals surface area contributed by atoms with Crippen molar-refractivity contribution in [3.05, 3.63) is 51.5 Å². The van der Waals surface area contributed by atoms with E-state index in [1.807, 2.05) is 19.9 Å². The van der Waals surface area contributed by atoms with Crippen LogP contribution in [0.15, 0.2) is 24.4 Å². The molecule has 1 aliphatic rings. The number of nitro groups is 1. The van der Waals surface area contributed by atoms with Crippen LogP contribution in [-0.4, -0.2) is 39.6 Å². The van der Waals surface area contributed by atoms with Crippen LogP contribution in [0, 0.1) is 24.0 Å². The molecule has 3 rings (SSSR count). The summed E-state index contributed by atoms with van der Waals surface area (Å²) >= 11 is 0. The van der Waals surface area contributed by atoms with Crippen molar-refractivity contribution in [2.75, 3.05) is 13.2 Å². The first-order valence-electron chi connectivity index (χ1n) is 8.51. The lowest BCUT2D eigenvalue weighted by Crippen LogP contribution is -2.18. The van der Waals surface area contributed by atoms with E-state index in [2.05, 4.69) is 9.55 Å². The molecule has 0 bridgehead atoms. The summed E-state index contributed by atoms with van der Waals surface area (Å²) in [5.41, 5.74) is 2.40. The van der Waals surface area contributed by atoms with Crippen molar-refractivity contribution < 1.29 is 19.2 Å². The predicted octanol–water partition coefficient (Wildman–Crippen LogP) is 2.85. The number of Topliss-reactive ketones (excluding diaryl/α,β-unsaturated/α-hetero) is 1. The second kappa shape index (κ2) is 7.65. The van der Waals surface area contributed by atoms with Crippen molar-refractivity contribution in [3.8, 4) is 5.75 Å². The minimum atomic E-state index is -0.632. The van der Waals surface area contributed by atoms with Gasteiger partial charge in [0.2, 0.25) is 11.5 Å². The molecular weight excluding hydrogens is 338 g/mol. The van der Waals surface area contributed by atoms with Gasteiger partial charge < -0.3 is 24.2 Å². The Bertz CT molecular complexity index is 824. The summed E-state index contributed by atoms with van der Waals surface area (Å²) in [7, 11) is 0. The molecule has 0 radical (unpaired) electrons. The molecule has 0 aliphatic carbocycles. The number of hydrogen-bond acceptors (Lipinski definition) is 6. The minimum Gasteiger partial charge on any atom is -0.477 e. The fraction of sp³-hybridized carbons (Fsp3) is 0.444. The van der Waals surface area contributed by atoms with E-state index in [1.165, 1.54) is 18.3 Å². The predicted molar refractivity (Wildman–Crippen MR) is 93.6 cm³/mol. The summed E-state index contributed by atoms with van der Waals surface area (Å²) in [4.78, 5) is 26.6. The monoisotopic (exact) mass is 359 g/mol. The second-order valence-corrected chi connectivity index (χ2v) is 6.32. The fourth-order valence-electron chi connectivity index (χ4n) is 3.21. The van der Waals surface area contributed by atoms with E-state index in [0.717, 1.165) is 37.4 Å². The van der Waals surface area contributed by atoms with E-state index in [0.29, 0.717) is 5.56 Å². The maximum absolute atomic E-state index is 12.6. The van der Waals surface area contributed by atoms with Crippen molar-refractivity contribution in [1.82, 2.24) is 9.55 Å². The number of nitrogens with zero attached hydrogens (tertiary/aromatic N) is 3. The minimum absolute atomic E-state index is 0.0148. The summed E-state index contributed by atoms with van der Waals surface area (Å²) in [6, 6.07) is 4.78. The van der Waals surface area contributed by atoms with Gasteiger partial charge in [0.15, 0.2) is 6.61 Å². The van der Waals surface area contributed by atoms with Crippen LogP contribution in [0.5, 0.6) is 5.75 Å². The van der Waals surface area contributed by atoms with Crippen LogP contribution in [0.2, 0.25) is 0 Å². The van der Waals surface area contributed by atoms with Crippen LogP contribution in [-0.2, 0) is 11.3 Å². The molecule has 0 amide bonds. The number of aromatic nitrogens is 2. The third kappa shape index (κ3) is 3.75. The Morgan fingerprint density at radius 1 is 1.50 bits per heavy atom. The Hall–Kier alpha value is -2.74. The highest BCUT2D eigenvalue weighted by atomic mass is 16.6. The Morgan fingerprint density at radius 3 is 3.00 bits per heavy atom. The molecule has 0 N–H and O–H groups in total. The van der Waals surface area contributed by atoms with Gasteiger partial charge in [0.1, 0.15) is 6.20 Å². The van der Waals surface area contributed by atoms with Gasteiger partial charge in [0, 0.05) is 30.1 Å². The largest absolute Gasteiger partial charge is 0.477 e. The van der Waals surface area contributed by atoms with Gasteiger partial charge in [0.25, 0.3) is 0 Å². The average Bonchev–Trinajstić information content (AvgIpc) is 3.23. The highest BCUT2D eigenvalue weighted by molar-refractivity contribution is 5.98. The smallest absolute Gasteiger partial charge is 0.406 e. The van der Waals surface area contributed by atoms with Crippen LogP contribution >= 0.6 is 0 Å². The summed E-state index contributed by atoms with van der Waals surface area (Å²) < 4.78 is 13.1. The lowest BCUT2D eigenvalue weighted by atomic mass is 10.1. The van der Waals surface area contributed by atoms with E-state index in [1.54, 1.807) is 0 Å². The van der Waals surface area contributed by atoms with E-state index in [9.17, 15) is 14.9 Å². The van der Waals surface area contributed by atoms with E-state index in [-0.39, 0.29) is 24.2 Å². The summed E-state index contributed by atoms with van der Waals surface area (Å²) in [6.07, 6.45) is 3.57. The molecule has 2 aromatic rings. The number of ether oxygens (including phenoxy) is 2. The van der Waals surface area contributed by atoms with Crippen molar-refractivity contribution in [2.45, 2.75) is 39.3 Å². The van der Waals surface area contributed by atoms with Gasteiger partial charge >= 0.3 is 5.82 Å². The zero-order valence-corrected chi connectivity index (χ0v) is 14.8. The number of pyridine rings is 1. The van der Waals surface area contributed by atoms with E-state index >= 15 is 0 Å². The van der Waals surface area contributed by atoms with E-state index < -0.39 is 10.7 Å². The van der Waals surface area contributed by atoms with Gasteiger partial charge in [-0.3, -0.25) is 4.79 Å². The molecule has 1 atom stereocenters. The zero-order chi connectivity index (χ0) is 18.7. The first-order chi connectivity index (χ1) is 12.5. The SMILES string of the molecule is Cc1cc(C(=O)COc2cccnc2[N+](=O)[O-])c(C)n1C[C@H]1CCCO1. The van der Waals surface area contributed by atoms with Crippen molar-refractivity contribution >= 4 is 11.6 Å². The van der Waals surface area contributed by atoms with Gasteiger partial charge in [0.05, 0.1) is 6.10 Å². The maximum atomic E-state index is 12.6. The second-order valence-electron chi connectivity index (χ2n) is 6.32. The molecular formula is C18H21N3O5. The molecule has 138 valence electrons. The van der Waals surface area contributed by atoms with Crippen LogP contribution in [0.4, 0.5) is 5.82 Å². The average molecular weight is 359 g/mol. The molecule has 0 saturated carbocycles. The molecule has 0 unspecified atom stereocenters. The van der Waals surface area contributed by atoms with Crippen molar-refractivity contribution in [1.29, 1.82) is 0 Å². The van der Waals surface area contributed by atoms with Gasteiger partial charge in [-0.05, 0) is 54.8 Å². The highest BCUT2D eigenvalue weighted by Gasteiger charge is 2.22. The van der Waals surface area contributed by atoms with Gasteiger partial charge in [-0.1, -0.05) is 0 Å².